The first-order chi connectivity index (χ1) is 18.0. The summed E-state index contributed by atoms with van der Waals surface area (Å²) in [5.74, 6) is 0.616. The summed E-state index contributed by atoms with van der Waals surface area (Å²) in [6.07, 6.45) is 4.69. The van der Waals surface area contributed by atoms with Gasteiger partial charge in [0, 0.05) is 47.4 Å². The van der Waals surface area contributed by atoms with Crippen LogP contribution in [0.3, 0.4) is 0 Å². The molecule has 0 radical (unpaired) electrons. The number of benzene rings is 3. The molecule has 0 amide bonds. The number of H-pyrrole nitrogens is 1. The highest BCUT2D eigenvalue weighted by Crippen LogP contribution is 2.31. The fraction of sp³-hybridized carbons (Fsp3) is 0.276. The molecular weight excluding hydrogens is 534 g/mol. The number of nitrogens with zero attached hydrogens (tertiary/aromatic N) is 2. The van der Waals surface area contributed by atoms with Gasteiger partial charge in [-0.05, 0) is 77.0 Å². The Bertz CT molecular complexity index is 1430. The molecule has 4 aromatic rings. The predicted molar refractivity (Wildman–Crippen MR) is 147 cm³/mol. The maximum Gasteiger partial charge on any atom is 0.284 e. The molecule has 1 aromatic heterocycles. The molecule has 0 fully saturated rings. The van der Waals surface area contributed by atoms with Crippen LogP contribution in [0.5, 0.6) is 5.75 Å². The van der Waals surface area contributed by atoms with Crippen LogP contribution in [0.25, 0.3) is 10.9 Å². The Labute approximate surface area is 223 Å². The smallest absolute Gasteiger partial charge is 0.284 e. The molecule has 1 aliphatic rings. The molecular formula is C29H28BrN3O4. The van der Waals surface area contributed by atoms with Crippen molar-refractivity contribution in [3.63, 3.8) is 0 Å². The Morgan fingerprint density at radius 1 is 1.05 bits per heavy atom. The number of Topliss-reactive ketones (excluding diaryl/α,β-unsaturated/α-hetero) is 1. The standard InChI is InChI=1S/C29H28BrN3O4/c30-25-13-10-21(16-28(25)33(35)36)29(34)19-32(18-20-6-2-1-3-7-20)14-15-37-22-11-12-24-23-8-4-5-9-26(23)31-27(24)17-22/h1-3,6-7,10-13,16-17,31H,4-5,8-9,14-15,18-19H2. The summed E-state index contributed by atoms with van der Waals surface area (Å²) < 4.78 is 6.45. The summed E-state index contributed by atoms with van der Waals surface area (Å²) in [6, 6.07) is 20.6. The fourth-order valence-corrected chi connectivity index (χ4v) is 5.34. The molecule has 3 aromatic carbocycles. The molecule has 0 saturated carbocycles. The molecule has 37 heavy (non-hydrogen) atoms. The van der Waals surface area contributed by atoms with Crippen LogP contribution in [0.2, 0.25) is 0 Å². The maximum absolute atomic E-state index is 13.1. The second-order valence-electron chi connectivity index (χ2n) is 9.39. The number of nitro groups is 1. The number of aryl methyl sites for hydroxylation is 2. The van der Waals surface area contributed by atoms with Crippen molar-refractivity contribution < 1.29 is 14.5 Å². The van der Waals surface area contributed by atoms with Gasteiger partial charge in [-0.25, -0.2) is 0 Å². The van der Waals surface area contributed by atoms with E-state index in [0.717, 1.165) is 29.7 Å². The lowest BCUT2D eigenvalue weighted by Crippen LogP contribution is -2.33. The molecule has 7 nitrogen and oxygen atoms in total. The van der Waals surface area contributed by atoms with Gasteiger partial charge in [0.1, 0.15) is 12.4 Å². The first-order valence-electron chi connectivity index (χ1n) is 12.5. The highest BCUT2D eigenvalue weighted by atomic mass is 79.9. The molecule has 0 aliphatic heterocycles. The van der Waals surface area contributed by atoms with E-state index in [9.17, 15) is 14.9 Å². The van der Waals surface area contributed by atoms with Gasteiger partial charge in [0.15, 0.2) is 5.78 Å². The zero-order valence-corrected chi connectivity index (χ0v) is 22.0. The van der Waals surface area contributed by atoms with Crippen LogP contribution in [0.1, 0.15) is 40.0 Å². The average Bonchev–Trinajstić information content (AvgIpc) is 3.27. The summed E-state index contributed by atoms with van der Waals surface area (Å²) >= 11 is 3.18. The van der Waals surface area contributed by atoms with E-state index in [1.54, 1.807) is 12.1 Å². The Balaban J connectivity index is 1.27. The van der Waals surface area contributed by atoms with Gasteiger partial charge < -0.3 is 9.72 Å². The van der Waals surface area contributed by atoms with Crippen molar-refractivity contribution >= 4 is 38.3 Å². The summed E-state index contributed by atoms with van der Waals surface area (Å²) in [5, 5.41) is 12.6. The first-order valence-corrected chi connectivity index (χ1v) is 13.3. The Morgan fingerprint density at radius 2 is 1.86 bits per heavy atom. The topological polar surface area (TPSA) is 88.5 Å². The van der Waals surface area contributed by atoms with Gasteiger partial charge in [0.05, 0.1) is 15.9 Å². The number of ketones is 1. The van der Waals surface area contributed by atoms with Gasteiger partial charge >= 0.3 is 0 Å². The van der Waals surface area contributed by atoms with Crippen LogP contribution in [0, 0.1) is 10.1 Å². The second-order valence-corrected chi connectivity index (χ2v) is 10.2. The van der Waals surface area contributed by atoms with E-state index in [1.165, 1.54) is 35.6 Å². The third-order valence-corrected chi connectivity index (χ3v) is 7.50. The van der Waals surface area contributed by atoms with Crippen molar-refractivity contribution in [2.24, 2.45) is 0 Å². The minimum absolute atomic E-state index is 0.120. The number of carbonyl (C=O) groups is 1. The number of fused-ring (bicyclic) bond motifs is 3. The number of carbonyl (C=O) groups excluding carboxylic acids is 1. The minimum atomic E-state index is -0.492. The number of nitrogens with one attached hydrogen (secondary N) is 1. The van der Waals surface area contributed by atoms with Crippen molar-refractivity contribution in [2.75, 3.05) is 19.7 Å². The van der Waals surface area contributed by atoms with Crippen molar-refractivity contribution in [2.45, 2.75) is 32.2 Å². The van der Waals surface area contributed by atoms with Crippen LogP contribution in [0.4, 0.5) is 5.69 Å². The van der Waals surface area contributed by atoms with Gasteiger partial charge in [-0.15, -0.1) is 0 Å². The highest BCUT2D eigenvalue weighted by molar-refractivity contribution is 9.10. The largest absolute Gasteiger partial charge is 0.492 e. The fourth-order valence-electron chi connectivity index (χ4n) is 4.95. The SMILES string of the molecule is O=C(CN(CCOc1ccc2c3c([nH]c2c1)CCCC3)Cc1ccccc1)c1ccc(Br)c([N+](=O)[O-])c1. The number of rotatable bonds is 10. The minimum Gasteiger partial charge on any atom is -0.492 e. The molecule has 1 aliphatic carbocycles. The van der Waals surface area contributed by atoms with Gasteiger partial charge in [-0.3, -0.25) is 19.8 Å². The van der Waals surface area contributed by atoms with Gasteiger partial charge in [-0.1, -0.05) is 30.3 Å². The van der Waals surface area contributed by atoms with Crippen molar-refractivity contribution in [3.8, 4) is 5.75 Å². The van der Waals surface area contributed by atoms with Gasteiger partial charge in [-0.2, -0.15) is 0 Å². The van der Waals surface area contributed by atoms with E-state index in [4.69, 9.17) is 4.74 Å². The molecule has 8 heteroatoms. The zero-order valence-electron chi connectivity index (χ0n) is 20.4. The van der Waals surface area contributed by atoms with E-state index in [-0.39, 0.29) is 18.0 Å². The van der Waals surface area contributed by atoms with Crippen LogP contribution < -0.4 is 4.74 Å². The van der Waals surface area contributed by atoms with Crippen molar-refractivity contribution in [1.29, 1.82) is 0 Å². The number of ether oxygens (including phenoxy) is 1. The van der Waals surface area contributed by atoms with E-state index in [1.807, 2.05) is 41.3 Å². The lowest BCUT2D eigenvalue weighted by molar-refractivity contribution is -0.385. The summed E-state index contributed by atoms with van der Waals surface area (Å²) in [7, 11) is 0. The summed E-state index contributed by atoms with van der Waals surface area (Å²) in [4.78, 5) is 29.5. The molecule has 5 rings (SSSR count). The Morgan fingerprint density at radius 3 is 2.68 bits per heavy atom. The zero-order chi connectivity index (χ0) is 25.8. The van der Waals surface area contributed by atoms with E-state index in [0.29, 0.717) is 29.7 Å². The number of nitro benzene ring substituents is 1. The second kappa shape index (κ2) is 11.3. The van der Waals surface area contributed by atoms with E-state index < -0.39 is 4.92 Å². The predicted octanol–water partition coefficient (Wildman–Crippen LogP) is 6.48. The summed E-state index contributed by atoms with van der Waals surface area (Å²) in [5.41, 5.74) is 5.17. The molecule has 0 atom stereocenters. The molecule has 0 saturated heterocycles. The molecule has 0 spiro atoms. The number of aromatic nitrogens is 1. The van der Waals surface area contributed by atoms with Crippen molar-refractivity contribution in [3.05, 3.63) is 104 Å². The van der Waals surface area contributed by atoms with Crippen molar-refractivity contribution in [1.82, 2.24) is 9.88 Å². The number of halogens is 1. The quantitative estimate of drug-likeness (QED) is 0.136. The lowest BCUT2D eigenvalue weighted by atomic mass is 9.96. The number of hydrogen-bond donors (Lipinski definition) is 1. The van der Waals surface area contributed by atoms with E-state index in [2.05, 4.69) is 33.0 Å². The third kappa shape index (κ3) is 5.92. The maximum atomic E-state index is 13.1. The normalized spacial score (nSPS) is 13.0. The monoisotopic (exact) mass is 561 g/mol. The third-order valence-electron chi connectivity index (χ3n) is 6.83. The first kappa shape index (κ1) is 25.2. The van der Waals surface area contributed by atoms with Crippen LogP contribution in [0.15, 0.2) is 71.2 Å². The molecule has 1 N–H and O–H groups in total. The molecule has 0 bridgehead atoms. The van der Waals surface area contributed by atoms with Gasteiger partial charge in [0.2, 0.25) is 0 Å². The molecule has 0 unspecified atom stereocenters. The number of aromatic amines is 1. The number of hydrogen-bond acceptors (Lipinski definition) is 5. The average molecular weight is 562 g/mol. The van der Waals surface area contributed by atoms with E-state index >= 15 is 0 Å². The Kier molecular flexibility index (Phi) is 7.67. The van der Waals surface area contributed by atoms with Gasteiger partial charge in [0.25, 0.3) is 5.69 Å². The lowest BCUT2D eigenvalue weighted by Gasteiger charge is -2.22. The van der Waals surface area contributed by atoms with Crippen LogP contribution in [-0.4, -0.2) is 40.3 Å². The molecule has 190 valence electrons. The summed E-state index contributed by atoms with van der Waals surface area (Å²) in [6.45, 7) is 1.63. The van der Waals surface area contributed by atoms with Crippen LogP contribution >= 0.6 is 15.9 Å². The van der Waals surface area contributed by atoms with Crippen LogP contribution in [-0.2, 0) is 19.4 Å². The highest BCUT2D eigenvalue weighted by Gasteiger charge is 2.19. The Hall–Kier alpha value is -3.49. The molecule has 1 heterocycles.